The highest BCUT2D eigenvalue weighted by atomic mass is 32.2. The van der Waals surface area contributed by atoms with E-state index in [9.17, 15) is 18.0 Å². The molecular formula is C23H29N3O7S. The Balaban J connectivity index is 1.83. The van der Waals surface area contributed by atoms with E-state index in [0.717, 1.165) is 4.31 Å². The quantitative estimate of drug-likeness (QED) is 0.602. The van der Waals surface area contributed by atoms with Gasteiger partial charge in [0.2, 0.25) is 27.6 Å². The number of anilines is 2. The van der Waals surface area contributed by atoms with Crippen molar-refractivity contribution in [1.82, 2.24) is 4.31 Å². The zero-order chi connectivity index (χ0) is 25.2. The van der Waals surface area contributed by atoms with E-state index in [1.54, 1.807) is 25.1 Å². The van der Waals surface area contributed by atoms with Crippen LogP contribution in [-0.2, 0) is 19.6 Å². The summed E-state index contributed by atoms with van der Waals surface area (Å²) in [6.07, 6.45) is 0.0111. The fourth-order valence-electron chi connectivity index (χ4n) is 3.70. The highest BCUT2D eigenvalue weighted by molar-refractivity contribution is 7.89. The summed E-state index contributed by atoms with van der Waals surface area (Å²) in [5.41, 5.74) is 1.61. The highest BCUT2D eigenvalue weighted by Gasteiger charge is 2.36. The van der Waals surface area contributed by atoms with E-state index >= 15 is 0 Å². The molecule has 2 aromatic carbocycles. The minimum atomic E-state index is -3.66. The first-order valence-corrected chi connectivity index (χ1v) is 11.9. The van der Waals surface area contributed by atoms with Crippen LogP contribution in [0.15, 0.2) is 35.2 Å². The van der Waals surface area contributed by atoms with Gasteiger partial charge >= 0.3 is 0 Å². The molecule has 184 valence electrons. The van der Waals surface area contributed by atoms with Crippen molar-refractivity contribution in [2.75, 3.05) is 52.2 Å². The summed E-state index contributed by atoms with van der Waals surface area (Å²) >= 11 is 0. The van der Waals surface area contributed by atoms with E-state index in [0.29, 0.717) is 34.2 Å². The Morgan fingerprint density at radius 1 is 1.06 bits per heavy atom. The van der Waals surface area contributed by atoms with Gasteiger partial charge in [0.25, 0.3) is 0 Å². The summed E-state index contributed by atoms with van der Waals surface area (Å²) < 4.78 is 42.1. The van der Waals surface area contributed by atoms with Crippen molar-refractivity contribution in [2.24, 2.45) is 5.92 Å². The van der Waals surface area contributed by atoms with Crippen molar-refractivity contribution in [1.29, 1.82) is 0 Å². The van der Waals surface area contributed by atoms with Crippen LogP contribution in [0.5, 0.6) is 17.2 Å². The van der Waals surface area contributed by atoms with Gasteiger partial charge in [-0.25, -0.2) is 12.7 Å². The van der Waals surface area contributed by atoms with Crippen LogP contribution < -0.4 is 24.4 Å². The maximum absolute atomic E-state index is 13.0. The van der Waals surface area contributed by atoms with Crippen LogP contribution >= 0.6 is 0 Å². The number of ether oxygens (including phenoxy) is 3. The van der Waals surface area contributed by atoms with Crippen molar-refractivity contribution >= 4 is 33.2 Å². The standard InChI is InChI=1S/C23H29N3O7S/c1-14-7-8-17(34(29,30)25(2)3)12-18(14)24-23(28)15-9-21(27)26(13-15)16-10-19(31-4)22(33-6)20(11-16)32-5/h7-8,10-12,15H,9,13H2,1-6H3,(H,24,28). The molecule has 3 rings (SSSR count). The third kappa shape index (κ3) is 4.80. The first-order valence-electron chi connectivity index (χ1n) is 10.5. The van der Waals surface area contributed by atoms with Crippen molar-refractivity contribution in [3.8, 4) is 17.2 Å². The molecule has 2 aromatic rings. The third-order valence-corrected chi connectivity index (χ3v) is 7.51. The van der Waals surface area contributed by atoms with Gasteiger partial charge in [0, 0.05) is 44.9 Å². The Labute approximate surface area is 199 Å². The zero-order valence-corrected chi connectivity index (χ0v) is 20.9. The maximum atomic E-state index is 13.0. The van der Waals surface area contributed by atoms with E-state index in [1.807, 2.05) is 0 Å². The average molecular weight is 492 g/mol. The maximum Gasteiger partial charge on any atom is 0.242 e. The third-order valence-electron chi connectivity index (χ3n) is 5.70. The fraction of sp³-hybridized carbons (Fsp3) is 0.391. The number of carbonyl (C=O) groups excluding carboxylic acids is 2. The summed E-state index contributed by atoms with van der Waals surface area (Å²) in [6, 6.07) is 7.86. The lowest BCUT2D eigenvalue weighted by Gasteiger charge is -2.20. The van der Waals surface area contributed by atoms with Crippen LogP contribution in [0.4, 0.5) is 11.4 Å². The SMILES string of the molecule is COc1cc(N2CC(C(=O)Nc3cc(S(=O)(=O)N(C)C)ccc3C)CC2=O)cc(OC)c1OC. The second-order valence-electron chi connectivity index (χ2n) is 8.04. The molecule has 1 N–H and O–H groups in total. The summed E-state index contributed by atoms with van der Waals surface area (Å²) in [7, 11) is 3.67. The number of nitrogens with zero attached hydrogens (tertiary/aromatic N) is 2. The Morgan fingerprint density at radius 2 is 1.68 bits per heavy atom. The second kappa shape index (κ2) is 9.90. The van der Waals surface area contributed by atoms with Crippen LogP contribution in [0.2, 0.25) is 0 Å². The molecule has 0 aliphatic carbocycles. The average Bonchev–Trinajstić information content (AvgIpc) is 3.20. The van der Waals surface area contributed by atoms with Gasteiger partial charge in [0.15, 0.2) is 11.5 Å². The molecule has 0 bridgehead atoms. The molecule has 2 amide bonds. The molecule has 1 aliphatic heterocycles. The number of sulfonamides is 1. The van der Waals surface area contributed by atoms with E-state index < -0.39 is 15.9 Å². The van der Waals surface area contributed by atoms with Gasteiger partial charge in [-0.05, 0) is 24.6 Å². The number of methoxy groups -OCH3 is 3. The molecule has 1 saturated heterocycles. The molecule has 1 unspecified atom stereocenters. The molecule has 0 saturated carbocycles. The Hall–Kier alpha value is -3.31. The smallest absolute Gasteiger partial charge is 0.242 e. The fourth-order valence-corrected chi connectivity index (χ4v) is 4.63. The van der Waals surface area contributed by atoms with Crippen LogP contribution in [0.1, 0.15) is 12.0 Å². The monoisotopic (exact) mass is 491 g/mol. The summed E-state index contributed by atoms with van der Waals surface area (Å²) in [5, 5.41) is 2.79. The number of rotatable bonds is 8. The number of hydrogen-bond donors (Lipinski definition) is 1. The minimum absolute atomic E-state index is 0.0111. The molecule has 1 aliphatic rings. The molecule has 0 spiro atoms. The van der Waals surface area contributed by atoms with Crippen LogP contribution in [0, 0.1) is 12.8 Å². The number of amides is 2. The van der Waals surface area contributed by atoms with Crippen LogP contribution in [0.3, 0.4) is 0 Å². The van der Waals surface area contributed by atoms with E-state index in [-0.39, 0.29) is 29.7 Å². The van der Waals surface area contributed by atoms with Gasteiger partial charge in [-0.1, -0.05) is 6.07 Å². The zero-order valence-electron chi connectivity index (χ0n) is 20.0. The topological polar surface area (TPSA) is 114 Å². The molecule has 0 radical (unpaired) electrons. The predicted molar refractivity (Wildman–Crippen MR) is 127 cm³/mol. The van der Waals surface area contributed by atoms with E-state index in [2.05, 4.69) is 5.32 Å². The molecule has 1 fully saturated rings. The molecule has 10 nitrogen and oxygen atoms in total. The predicted octanol–water partition coefficient (Wildman–Crippen LogP) is 2.26. The van der Waals surface area contributed by atoms with Crippen molar-refractivity contribution < 1.29 is 32.2 Å². The van der Waals surface area contributed by atoms with E-state index in [4.69, 9.17) is 14.2 Å². The van der Waals surface area contributed by atoms with E-state index in [1.165, 1.54) is 52.5 Å². The van der Waals surface area contributed by atoms with Crippen LogP contribution in [0.25, 0.3) is 0 Å². The molecule has 34 heavy (non-hydrogen) atoms. The highest BCUT2D eigenvalue weighted by Crippen LogP contribution is 2.42. The van der Waals surface area contributed by atoms with Crippen molar-refractivity contribution in [3.05, 3.63) is 35.9 Å². The van der Waals surface area contributed by atoms with Gasteiger partial charge in [-0.15, -0.1) is 0 Å². The lowest BCUT2D eigenvalue weighted by Crippen LogP contribution is -2.28. The lowest BCUT2D eigenvalue weighted by atomic mass is 10.1. The van der Waals surface area contributed by atoms with Crippen LogP contribution in [-0.4, -0.2) is 66.5 Å². The molecular weight excluding hydrogens is 462 g/mol. The van der Waals surface area contributed by atoms with Crippen molar-refractivity contribution in [2.45, 2.75) is 18.2 Å². The Bertz CT molecular complexity index is 1190. The summed E-state index contributed by atoms with van der Waals surface area (Å²) in [6.45, 7) is 1.92. The second-order valence-corrected chi connectivity index (χ2v) is 10.2. The first kappa shape index (κ1) is 25.3. The van der Waals surface area contributed by atoms with Gasteiger partial charge in [0.05, 0.1) is 37.8 Å². The lowest BCUT2D eigenvalue weighted by molar-refractivity contribution is -0.122. The summed E-state index contributed by atoms with van der Waals surface area (Å²) in [5.74, 6) is -0.0297. The molecule has 1 heterocycles. The van der Waals surface area contributed by atoms with Gasteiger partial charge in [-0.3, -0.25) is 9.59 Å². The Morgan fingerprint density at radius 3 is 2.21 bits per heavy atom. The number of aryl methyl sites for hydroxylation is 1. The number of benzene rings is 2. The molecule has 1 atom stereocenters. The normalized spacial score (nSPS) is 16.0. The summed E-state index contributed by atoms with van der Waals surface area (Å²) in [4.78, 5) is 27.3. The number of hydrogen-bond acceptors (Lipinski definition) is 7. The largest absolute Gasteiger partial charge is 0.493 e. The first-order chi connectivity index (χ1) is 16.0. The minimum Gasteiger partial charge on any atom is -0.493 e. The molecule has 11 heteroatoms. The van der Waals surface area contributed by atoms with Crippen molar-refractivity contribution in [3.63, 3.8) is 0 Å². The van der Waals surface area contributed by atoms with Gasteiger partial charge in [-0.2, -0.15) is 0 Å². The number of carbonyl (C=O) groups is 2. The van der Waals surface area contributed by atoms with Gasteiger partial charge in [0.1, 0.15) is 0 Å². The molecule has 0 aromatic heterocycles. The Kier molecular flexibility index (Phi) is 7.37. The van der Waals surface area contributed by atoms with Gasteiger partial charge < -0.3 is 24.4 Å². The number of nitrogens with one attached hydrogen (secondary N) is 1.